The summed E-state index contributed by atoms with van der Waals surface area (Å²) in [6.07, 6.45) is 0. The Morgan fingerprint density at radius 2 is 0.566 bits per heavy atom. The fraction of sp³-hybridized carbons (Fsp3) is 0.136. The summed E-state index contributed by atoms with van der Waals surface area (Å²) in [6.45, 7) is 28.9. The van der Waals surface area contributed by atoms with Crippen molar-refractivity contribution in [3.63, 3.8) is 0 Å². The molecular formula is C132H103N7OS3. The van der Waals surface area contributed by atoms with Crippen LogP contribution in [0.5, 0.6) is 0 Å². The first kappa shape index (κ1) is 88.7. The second kappa shape index (κ2) is 34.0. The predicted octanol–water partition coefficient (Wildman–Crippen LogP) is 36.9. The van der Waals surface area contributed by atoms with E-state index >= 15 is 0 Å². The first-order valence-electron chi connectivity index (χ1n) is 49.4. The van der Waals surface area contributed by atoms with Crippen LogP contribution in [0.25, 0.3) is 206 Å². The highest BCUT2D eigenvalue weighted by molar-refractivity contribution is 7.27. The van der Waals surface area contributed by atoms with E-state index in [0.29, 0.717) is 34.9 Å². The van der Waals surface area contributed by atoms with Crippen LogP contribution in [0.3, 0.4) is 0 Å². The van der Waals surface area contributed by atoms with Gasteiger partial charge in [-0.1, -0.05) is 380 Å². The van der Waals surface area contributed by atoms with Gasteiger partial charge in [-0.05, 0) is 219 Å². The lowest BCUT2D eigenvalue weighted by Gasteiger charge is -2.48. The summed E-state index contributed by atoms with van der Waals surface area (Å²) < 4.78 is 14.3. The van der Waals surface area contributed by atoms with Crippen molar-refractivity contribution in [3.05, 3.63) is 440 Å². The SMILES string of the molecule is CC1(C)c2ccccc2-c2cc3c(cc2C1(C)C)sc1ccc(-c2cccc(-c4nc(-c5ccccc5)nc(-c5ccccc5)n4)c2)cc13.CC1(C)c2ccccc2-c2cc3sc4ccc(-c5cccc(-c6nc(-c7ccccc7)nc(-c7ccccc7)n6)c5)cc4c3cc2C1(C)C.CC1(C)c2ccccc2-c2ccc3sc4c(N(c5ccccc5)c5ccc6c(c5)oc5ccccc56)cccc4c3c2C1(C)C. The number of rotatable bonds is 11. The van der Waals surface area contributed by atoms with Gasteiger partial charge in [0.15, 0.2) is 34.9 Å². The Kier molecular flexibility index (Phi) is 21.1. The molecule has 0 bridgehead atoms. The minimum absolute atomic E-state index is 0.00250. The molecule has 0 saturated heterocycles. The molecule has 3 aliphatic carbocycles. The van der Waals surface area contributed by atoms with Crippen LogP contribution in [0.15, 0.2) is 411 Å². The van der Waals surface area contributed by atoms with Crippen LogP contribution >= 0.6 is 34.0 Å². The largest absolute Gasteiger partial charge is 0.456 e. The molecule has 0 aliphatic heterocycles. The normalized spacial score (nSPS) is 14.6. The Labute approximate surface area is 845 Å². The van der Waals surface area contributed by atoms with Gasteiger partial charge >= 0.3 is 0 Å². The number of anilines is 3. The second-order valence-corrected chi connectivity index (χ2v) is 44.8. The molecule has 27 rings (SSSR count). The molecule has 8 nitrogen and oxygen atoms in total. The summed E-state index contributed by atoms with van der Waals surface area (Å²) in [5.41, 5.74) is 32.2. The van der Waals surface area contributed by atoms with Gasteiger partial charge in [-0.2, -0.15) is 0 Å². The van der Waals surface area contributed by atoms with Crippen LogP contribution in [0.4, 0.5) is 17.1 Å². The summed E-state index contributed by atoms with van der Waals surface area (Å²) in [4.78, 5) is 32.1. The second-order valence-electron chi connectivity index (χ2n) is 41.6. The van der Waals surface area contributed by atoms with Crippen molar-refractivity contribution in [1.82, 2.24) is 29.9 Å². The molecule has 0 radical (unpaired) electrons. The maximum atomic E-state index is 6.36. The maximum Gasteiger partial charge on any atom is 0.164 e. The summed E-state index contributed by atoms with van der Waals surface area (Å²) >= 11 is 5.68. The number of hydrogen-bond acceptors (Lipinski definition) is 11. The van der Waals surface area contributed by atoms with Gasteiger partial charge in [-0.3, -0.25) is 0 Å². The van der Waals surface area contributed by atoms with Crippen LogP contribution in [0, 0.1) is 0 Å². The molecule has 6 aromatic heterocycles. The van der Waals surface area contributed by atoms with Gasteiger partial charge in [0, 0.05) is 123 Å². The minimum atomic E-state index is -0.0777. The van der Waals surface area contributed by atoms with Crippen LogP contribution in [0.1, 0.15) is 116 Å². The fourth-order valence-electron chi connectivity index (χ4n) is 22.6. The van der Waals surface area contributed by atoms with Gasteiger partial charge < -0.3 is 9.32 Å². The monoisotopic (exact) mass is 1900 g/mol. The highest BCUT2D eigenvalue weighted by Gasteiger charge is 2.50. The Bertz CT molecular complexity index is 9100. The first-order chi connectivity index (χ1) is 69.4. The number of fused-ring (bicyclic) bond motifs is 22. The molecule has 0 N–H and O–H groups in total. The maximum absolute atomic E-state index is 6.36. The zero-order valence-electron chi connectivity index (χ0n) is 81.9. The molecule has 18 aromatic carbocycles. The third-order valence-electron chi connectivity index (χ3n) is 32.4. The van der Waals surface area contributed by atoms with Gasteiger partial charge in [0.1, 0.15) is 11.2 Å². The standard InChI is InChI=1S/2C45H35N3S.C42H33NOS/c1-44(2)37-21-12-11-20-33(37)34-27-40-36(26-38(34)45(44,3)4)35-25-31(22-23-39(35)49-40)30-18-13-19-32(24-30)43-47-41(28-14-7-5-8-15-28)46-42(48-43)29-16-9-6-10-17-29;1-44(2)37-21-12-11-20-33(37)34-26-36-35-25-31(22-23-39(35)49-40(36)27-38(34)45(44,3)4)30-18-13-19-32(24-30)43-47-41(28-14-7-5-8-15-28)46-42(48-43)29-16-9-6-10-17-29;1-41(2)33-18-10-8-15-28(33)31-23-24-37-38(39(31)42(41,3)4)32-17-12-19-34(40(32)45-37)43(26-13-6-5-7-14-26)27-21-22-30-29-16-9-11-20-35(29)44-36(30)25-27/h2*5-27H,1-4H3;5-25H,1-4H3. The average Bonchev–Trinajstić information content (AvgIpc) is 1.07. The summed E-state index contributed by atoms with van der Waals surface area (Å²) in [7, 11) is 0. The summed E-state index contributed by atoms with van der Waals surface area (Å²) in [5.74, 6) is 3.98. The van der Waals surface area contributed by atoms with E-state index in [1.807, 2.05) is 167 Å². The van der Waals surface area contributed by atoms with Crippen LogP contribution in [0.2, 0.25) is 0 Å². The van der Waals surface area contributed by atoms with Crippen LogP contribution < -0.4 is 4.90 Å². The van der Waals surface area contributed by atoms with Gasteiger partial charge in [-0.15, -0.1) is 34.0 Å². The first-order valence-corrected chi connectivity index (χ1v) is 51.9. The molecule has 0 atom stereocenters. The van der Waals surface area contributed by atoms with E-state index in [0.717, 1.165) is 77.8 Å². The van der Waals surface area contributed by atoms with Crippen molar-refractivity contribution in [2.75, 3.05) is 4.90 Å². The molecule has 0 spiro atoms. The number of thiophene rings is 3. The quantitative estimate of drug-likeness (QED) is 0.126. The van der Waals surface area contributed by atoms with Crippen molar-refractivity contribution in [1.29, 1.82) is 0 Å². The van der Waals surface area contributed by atoms with Gasteiger partial charge in [-0.25, -0.2) is 29.9 Å². The molecule has 690 valence electrons. The van der Waals surface area contributed by atoms with Gasteiger partial charge in [0.05, 0.1) is 10.4 Å². The Morgan fingerprint density at radius 3 is 1.08 bits per heavy atom. The molecule has 3 aliphatic rings. The third-order valence-corrected chi connectivity index (χ3v) is 35.8. The summed E-state index contributed by atoms with van der Waals surface area (Å²) in [6, 6.07) is 145. The smallest absolute Gasteiger partial charge is 0.164 e. The zero-order valence-corrected chi connectivity index (χ0v) is 84.4. The molecule has 24 aromatic rings. The Balaban J connectivity index is 0.000000113. The van der Waals surface area contributed by atoms with E-state index in [2.05, 4.69) is 361 Å². The number of benzene rings is 18. The van der Waals surface area contributed by atoms with Crippen molar-refractivity contribution in [2.24, 2.45) is 0 Å². The van der Waals surface area contributed by atoms with E-state index in [4.69, 9.17) is 34.3 Å². The fourth-order valence-corrected chi connectivity index (χ4v) is 26.0. The molecule has 0 saturated carbocycles. The lowest BCUT2D eigenvalue weighted by molar-refractivity contribution is 0.299. The van der Waals surface area contributed by atoms with Gasteiger partial charge in [0.2, 0.25) is 0 Å². The number of aromatic nitrogens is 6. The number of para-hydroxylation sites is 2. The van der Waals surface area contributed by atoms with Crippen molar-refractivity contribution >= 4 is 134 Å². The number of furan rings is 1. The summed E-state index contributed by atoms with van der Waals surface area (Å²) in [5, 5.41) is 10.2. The Hall–Kier alpha value is -15.8. The lowest BCUT2D eigenvalue weighted by Crippen LogP contribution is -2.43. The van der Waals surface area contributed by atoms with Gasteiger partial charge in [0.25, 0.3) is 0 Å². The molecule has 143 heavy (non-hydrogen) atoms. The minimum Gasteiger partial charge on any atom is -0.456 e. The van der Waals surface area contributed by atoms with Crippen LogP contribution in [-0.2, 0) is 32.5 Å². The van der Waals surface area contributed by atoms with Crippen LogP contribution in [-0.4, -0.2) is 29.9 Å². The van der Waals surface area contributed by atoms with E-state index < -0.39 is 0 Å². The zero-order chi connectivity index (χ0) is 97.2. The van der Waals surface area contributed by atoms with E-state index in [1.54, 1.807) is 0 Å². The van der Waals surface area contributed by atoms with E-state index in [1.165, 1.54) is 144 Å². The third kappa shape index (κ3) is 14.6. The molecule has 6 heterocycles. The van der Waals surface area contributed by atoms with Crippen molar-refractivity contribution < 1.29 is 4.42 Å². The average molecular weight is 1900 g/mol. The number of hydrogen-bond donors (Lipinski definition) is 0. The van der Waals surface area contributed by atoms with E-state index in [9.17, 15) is 0 Å². The molecule has 11 heteroatoms. The molecular weight excluding hydrogens is 1800 g/mol. The van der Waals surface area contributed by atoms with Crippen molar-refractivity contribution in [2.45, 2.75) is 116 Å². The predicted molar refractivity (Wildman–Crippen MR) is 605 cm³/mol. The van der Waals surface area contributed by atoms with Crippen molar-refractivity contribution in [3.8, 4) is 124 Å². The molecule has 0 amide bonds. The van der Waals surface area contributed by atoms with E-state index in [-0.39, 0.29) is 32.5 Å². The molecule has 0 fully saturated rings. The Morgan fingerprint density at radius 1 is 0.203 bits per heavy atom. The highest BCUT2D eigenvalue weighted by atomic mass is 32.1. The lowest BCUT2D eigenvalue weighted by atomic mass is 9.55. The highest BCUT2D eigenvalue weighted by Crippen LogP contribution is 2.61. The number of nitrogens with zero attached hydrogens (tertiary/aromatic N) is 7. The molecule has 0 unspecified atom stereocenters. The topological polar surface area (TPSA) is 93.7 Å².